The number of aliphatic hydroxyl groups is 3. The Kier molecular flexibility index (Phi) is 8.50. The molecule has 1 aliphatic carbocycles. The predicted octanol–water partition coefficient (Wildman–Crippen LogP) is -2.43. The highest BCUT2D eigenvalue weighted by Gasteiger charge is 2.48. The van der Waals surface area contributed by atoms with E-state index >= 15 is 0 Å². The first-order chi connectivity index (χ1) is 16.8. The fourth-order valence-corrected chi connectivity index (χ4v) is 4.64. The summed E-state index contributed by atoms with van der Waals surface area (Å²) in [4.78, 5) is 4.31. The second-order valence-electron chi connectivity index (χ2n) is 9.16. The third-order valence-electron chi connectivity index (χ3n) is 6.68. The smallest absolute Gasteiger partial charge is 0.176 e. The Morgan fingerprint density at radius 2 is 1.83 bits per heavy atom. The minimum absolute atomic E-state index is 0.0363. The summed E-state index contributed by atoms with van der Waals surface area (Å²) in [5.74, 6) is 0. The van der Waals surface area contributed by atoms with Gasteiger partial charge in [0.05, 0.1) is 24.3 Å². The fraction of sp³-hybridized carbons (Fsp3) is 0.609. The maximum atomic E-state index is 10.8. The first-order valence-corrected chi connectivity index (χ1v) is 11.8. The largest absolute Gasteiger partial charge is 0.389 e. The van der Waals surface area contributed by atoms with Gasteiger partial charge in [-0.1, -0.05) is 6.07 Å². The number of rotatable bonds is 8. The lowest BCUT2D eigenvalue weighted by Gasteiger charge is -2.46. The number of hydrogen-bond acceptors (Lipinski definition) is 12. The molecule has 0 amide bonds. The normalized spacial score (nSPS) is 37.9. The van der Waals surface area contributed by atoms with Crippen LogP contribution in [0.3, 0.4) is 0 Å². The predicted molar refractivity (Wildman–Crippen MR) is 129 cm³/mol. The van der Waals surface area contributed by atoms with Gasteiger partial charge in [-0.15, -0.1) is 0 Å². The monoisotopic (exact) mass is 492 g/mol. The summed E-state index contributed by atoms with van der Waals surface area (Å²) in [5, 5.41) is 35.4. The highest BCUT2D eigenvalue weighted by molar-refractivity contribution is 5.82. The van der Waals surface area contributed by atoms with E-state index in [-0.39, 0.29) is 13.2 Å². The van der Waals surface area contributed by atoms with Crippen molar-refractivity contribution in [2.75, 3.05) is 25.0 Å². The molecule has 2 aliphatic rings. The second kappa shape index (κ2) is 11.4. The van der Waals surface area contributed by atoms with Gasteiger partial charge in [-0.25, -0.2) is 0 Å². The van der Waals surface area contributed by atoms with Crippen molar-refractivity contribution in [3.05, 3.63) is 36.5 Å². The molecule has 0 spiro atoms. The van der Waals surface area contributed by atoms with Crippen LogP contribution in [-0.4, -0.2) is 101 Å². The molecule has 1 aliphatic heterocycles. The molecule has 1 aromatic heterocycles. The van der Waals surface area contributed by atoms with Crippen LogP contribution in [0.2, 0.25) is 0 Å². The van der Waals surface area contributed by atoms with Crippen molar-refractivity contribution in [2.45, 2.75) is 67.5 Å². The van der Waals surface area contributed by atoms with Gasteiger partial charge in [0.1, 0.15) is 30.5 Å². The highest BCUT2D eigenvalue weighted by atomic mass is 16.7. The molecule has 12 N–H and O–H groups in total. The summed E-state index contributed by atoms with van der Waals surface area (Å²) in [6, 6.07) is 7.50. The second-order valence-corrected chi connectivity index (χ2v) is 9.16. The number of aromatic nitrogens is 1. The summed E-state index contributed by atoms with van der Waals surface area (Å²) >= 11 is 0. The van der Waals surface area contributed by atoms with E-state index < -0.39 is 61.0 Å². The number of nitrogens with one attached hydrogen (secondary N) is 1. The zero-order valence-electron chi connectivity index (χ0n) is 19.4. The van der Waals surface area contributed by atoms with Crippen LogP contribution in [0, 0.1) is 0 Å². The van der Waals surface area contributed by atoms with Gasteiger partial charge in [0.25, 0.3) is 0 Å². The SMILES string of the molecule is NC[C@H]1O[C@H](O[C@H]2[C@H](OCCNc3ccc4ncccc4c3)[C@@H](O)[C@H](N)C[C@@H]2N)[C@H](N)[C@@H](O)[C@@H]1O. The summed E-state index contributed by atoms with van der Waals surface area (Å²) < 4.78 is 17.7. The molecule has 1 aromatic carbocycles. The van der Waals surface area contributed by atoms with Crippen LogP contribution in [0.4, 0.5) is 5.69 Å². The van der Waals surface area contributed by atoms with E-state index in [1.807, 2.05) is 30.3 Å². The van der Waals surface area contributed by atoms with Crippen molar-refractivity contribution in [3.63, 3.8) is 0 Å². The molecule has 35 heavy (non-hydrogen) atoms. The van der Waals surface area contributed by atoms with Crippen molar-refractivity contribution in [1.29, 1.82) is 0 Å². The maximum Gasteiger partial charge on any atom is 0.176 e. The van der Waals surface area contributed by atoms with Crippen LogP contribution in [-0.2, 0) is 14.2 Å². The topological polar surface area (TPSA) is 217 Å². The zero-order chi connectivity index (χ0) is 25.1. The van der Waals surface area contributed by atoms with Gasteiger partial charge in [0.15, 0.2) is 6.29 Å². The lowest BCUT2D eigenvalue weighted by atomic mass is 9.84. The maximum absolute atomic E-state index is 10.8. The van der Waals surface area contributed by atoms with Crippen molar-refractivity contribution in [3.8, 4) is 0 Å². The minimum Gasteiger partial charge on any atom is -0.389 e. The Hall–Kier alpha value is -1.97. The molecule has 0 bridgehead atoms. The molecule has 0 radical (unpaired) electrons. The quantitative estimate of drug-likeness (QED) is 0.180. The van der Waals surface area contributed by atoms with Gasteiger partial charge in [0, 0.05) is 42.4 Å². The van der Waals surface area contributed by atoms with E-state index in [0.717, 1.165) is 16.6 Å². The average molecular weight is 493 g/mol. The van der Waals surface area contributed by atoms with Crippen LogP contribution in [0.15, 0.2) is 36.5 Å². The first-order valence-electron chi connectivity index (χ1n) is 11.8. The molecule has 12 heteroatoms. The van der Waals surface area contributed by atoms with Gasteiger partial charge in [-0.2, -0.15) is 0 Å². The summed E-state index contributed by atoms with van der Waals surface area (Å²) in [7, 11) is 0. The Balaban J connectivity index is 1.38. The molecule has 10 atom stereocenters. The van der Waals surface area contributed by atoms with Gasteiger partial charge >= 0.3 is 0 Å². The molecule has 1 saturated heterocycles. The Bertz CT molecular complexity index is 969. The molecule has 1 saturated carbocycles. The summed E-state index contributed by atoms with van der Waals surface area (Å²) in [6.07, 6.45) is -5.15. The van der Waals surface area contributed by atoms with Crippen LogP contribution in [0.25, 0.3) is 10.9 Å². The molecule has 12 nitrogen and oxygen atoms in total. The van der Waals surface area contributed by atoms with Gasteiger partial charge < -0.3 is 57.8 Å². The molecule has 0 unspecified atom stereocenters. The number of aliphatic hydroxyl groups excluding tert-OH is 3. The Morgan fingerprint density at radius 3 is 2.60 bits per heavy atom. The lowest BCUT2D eigenvalue weighted by Crippen LogP contribution is -2.67. The van der Waals surface area contributed by atoms with Gasteiger partial charge in [0.2, 0.25) is 0 Å². The van der Waals surface area contributed by atoms with E-state index in [2.05, 4.69) is 10.3 Å². The average Bonchev–Trinajstić information content (AvgIpc) is 2.86. The van der Waals surface area contributed by atoms with Gasteiger partial charge in [-0.3, -0.25) is 4.98 Å². The summed E-state index contributed by atoms with van der Waals surface area (Å²) in [6.45, 7) is 0.647. The standard InChI is InChI=1S/C23H36N6O6/c24-10-16-19(31)20(32)17(27)23(34-16)35-21-14(26)9-13(25)18(30)22(21)33-7-6-28-12-3-4-15-11(8-12)2-1-5-29-15/h1-5,8,13-14,16-23,28,30-32H,6-7,9-10,24-27H2/t13-,14+,16-,17-,18+,19-,20-,21-,22-,23-/m1/s1. The van der Waals surface area contributed by atoms with Crippen molar-refractivity contribution < 1.29 is 29.5 Å². The number of pyridine rings is 1. The first kappa shape index (κ1) is 26.1. The minimum atomic E-state index is -1.30. The van der Waals surface area contributed by atoms with E-state index in [1.54, 1.807) is 6.20 Å². The van der Waals surface area contributed by atoms with E-state index in [0.29, 0.717) is 13.0 Å². The zero-order valence-corrected chi connectivity index (χ0v) is 19.4. The number of benzene rings is 1. The molecular weight excluding hydrogens is 456 g/mol. The molecule has 4 rings (SSSR count). The summed E-state index contributed by atoms with van der Waals surface area (Å²) in [5.41, 5.74) is 25.9. The van der Waals surface area contributed by atoms with Crippen molar-refractivity contribution in [2.24, 2.45) is 22.9 Å². The van der Waals surface area contributed by atoms with Crippen LogP contribution in [0.1, 0.15) is 6.42 Å². The number of anilines is 1. The van der Waals surface area contributed by atoms with Crippen molar-refractivity contribution >= 4 is 16.6 Å². The van der Waals surface area contributed by atoms with E-state index in [4.69, 9.17) is 37.1 Å². The van der Waals surface area contributed by atoms with Crippen LogP contribution < -0.4 is 28.3 Å². The molecule has 194 valence electrons. The third-order valence-corrected chi connectivity index (χ3v) is 6.68. The lowest BCUT2D eigenvalue weighted by molar-refractivity contribution is -0.290. The van der Waals surface area contributed by atoms with Gasteiger partial charge in [-0.05, 0) is 30.7 Å². The fourth-order valence-electron chi connectivity index (χ4n) is 4.64. The number of hydrogen-bond donors (Lipinski definition) is 8. The molecule has 2 aromatic rings. The van der Waals surface area contributed by atoms with Crippen molar-refractivity contribution in [1.82, 2.24) is 4.98 Å². The number of ether oxygens (including phenoxy) is 3. The number of nitrogens with zero attached hydrogens (tertiary/aromatic N) is 1. The van der Waals surface area contributed by atoms with Crippen LogP contribution >= 0.6 is 0 Å². The van der Waals surface area contributed by atoms with E-state index in [1.165, 1.54) is 0 Å². The van der Waals surface area contributed by atoms with Crippen LogP contribution in [0.5, 0.6) is 0 Å². The third kappa shape index (κ3) is 5.73. The Labute approximate surface area is 203 Å². The molecular formula is C23H36N6O6. The number of nitrogens with two attached hydrogens (primary N) is 4. The molecule has 2 fully saturated rings. The number of fused-ring (bicyclic) bond motifs is 1. The van der Waals surface area contributed by atoms with E-state index in [9.17, 15) is 15.3 Å². The Morgan fingerprint density at radius 1 is 1.03 bits per heavy atom. The highest BCUT2D eigenvalue weighted by Crippen LogP contribution is 2.28. The molecule has 2 heterocycles.